The van der Waals surface area contributed by atoms with Gasteiger partial charge in [-0.15, -0.1) is 0 Å². The van der Waals surface area contributed by atoms with E-state index in [0.717, 1.165) is 47.6 Å². The van der Waals surface area contributed by atoms with Gasteiger partial charge in [-0.1, -0.05) is 12.1 Å². The van der Waals surface area contributed by atoms with E-state index in [0.29, 0.717) is 17.2 Å². The van der Waals surface area contributed by atoms with E-state index in [1.807, 2.05) is 16.6 Å². The Morgan fingerprint density at radius 1 is 1.11 bits per heavy atom. The molecule has 6 rings (SSSR count). The lowest BCUT2D eigenvalue weighted by molar-refractivity contribution is 0.0698. The van der Waals surface area contributed by atoms with E-state index >= 15 is 0 Å². The van der Waals surface area contributed by atoms with Gasteiger partial charge < -0.3 is 16.2 Å². The number of carbonyl (C=O) groups excluding carboxylic acids is 1. The molecular weight excluding hydrogens is 612 g/mol. The molecule has 0 radical (unpaired) electrons. The van der Waals surface area contributed by atoms with Crippen LogP contribution < -0.4 is 16.6 Å². The number of anilines is 2. The van der Waals surface area contributed by atoms with Crippen LogP contribution in [-0.2, 0) is 0 Å². The van der Waals surface area contributed by atoms with Crippen LogP contribution in [0, 0.1) is 11.7 Å². The molecule has 3 unspecified atom stereocenters. The van der Waals surface area contributed by atoms with Gasteiger partial charge in [-0.2, -0.15) is 5.10 Å². The third-order valence-electron chi connectivity index (χ3n) is 9.57. The van der Waals surface area contributed by atoms with E-state index in [2.05, 4.69) is 48.8 Å². The van der Waals surface area contributed by atoms with Crippen molar-refractivity contribution in [3.8, 4) is 16.8 Å². The summed E-state index contributed by atoms with van der Waals surface area (Å²) in [5.41, 5.74) is 10.4. The summed E-state index contributed by atoms with van der Waals surface area (Å²) in [6.45, 7) is 9.26. The first-order valence-electron chi connectivity index (χ1n) is 15.9. The maximum atomic E-state index is 13.4. The highest BCUT2D eigenvalue weighted by atomic mass is 28.3. The first-order chi connectivity index (χ1) is 22.4. The van der Waals surface area contributed by atoms with Crippen LogP contribution in [0.5, 0.6) is 0 Å². The van der Waals surface area contributed by atoms with Crippen molar-refractivity contribution in [3.63, 3.8) is 0 Å². The van der Waals surface area contributed by atoms with Crippen LogP contribution in [0.3, 0.4) is 0 Å². The molecule has 11 heteroatoms. The molecule has 1 aliphatic rings. The van der Waals surface area contributed by atoms with Crippen molar-refractivity contribution in [1.82, 2.24) is 19.2 Å². The molecule has 242 valence electrons. The Morgan fingerprint density at radius 3 is 2.53 bits per heavy atom. The average Bonchev–Trinajstić information content (AvgIpc) is 3.43. The van der Waals surface area contributed by atoms with Crippen LogP contribution in [0.15, 0.2) is 84.0 Å². The molecule has 1 aliphatic carbocycles. The van der Waals surface area contributed by atoms with Crippen LogP contribution >= 0.6 is 0 Å². The first-order valence-corrected chi connectivity index (χ1v) is 18.1. The van der Waals surface area contributed by atoms with E-state index in [1.54, 1.807) is 18.2 Å². The van der Waals surface area contributed by atoms with Gasteiger partial charge >= 0.3 is 8.80 Å². The number of pyridine rings is 1. The van der Waals surface area contributed by atoms with Gasteiger partial charge in [0.2, 0.25) is 0 Å². The number of nitrogen functional groups attached to an aromatic ring is 1. The van der Waals surface area contributed by atoms with Gasteiger partial charge in [0.05, 0.1) is 23.7 Å². The maximum Gasteiger partial charge on any atom is 0.317 e. The van der Waals surface area contributed by atoms with Gasteiger partial charge in [-0.05, 0) is 100 Å². The summed E-state index contributed by atoms with van der Waals surface area (Å²) in [5.74, 6) is -0.127. The molecule has 47 heavy (non-hydrogen) atoms. The Bertz CT molecular complexity index is 1970. The molecule has 9 nitrogen and oxygen atoms in total. The molecule has 2 aromatic carbocycles. The molecule has 5 aromatic rings. The van der Waals surface area contributed by atoms with Crippen molar-refractivity contribution >= 4 is 31.7 Å². The van der Waals surface area contributed by atoms with Crippen molar-refractivity contribution in [2.75, 3.05) is 11.1 Å². The number of aromatic nitrogens is 4. The topological polar surface area (TPSA) is 128 Å². The van der Waals surface area contributed by atoms with Gasteiger partial charge in [0.25, 0.3) is 11.5 Å². The Hall–Kier alpha value is -4.61. The van der Waals surface area contributed by atoms with Gasteiger partial charge in [0.15, 0.2) is 5.82 Å². The monoisotopic (exact) mass is 651 g/mol. The minimum atomic E-state index is -0.649. The highest BCUT2D eigenvalue weighted by molar-refractivity contribution is 6.60. The fraction of sp³-hybridized carbons (Fsp3) is 0.333. The number of halogens is 1. The molecule has 3 atom stereocenters. The normalized spacial score (nSPS) is 18.3. The van der Waals surface area contributed by atoms with Crippen LogP contribution in [-0.4, -0.2) is 45.1 Å². The molecule has 3 heterocycles. The predicted octanol–water partition coefficient (Wildman–Crippen LogP) is 6.69. The molecule has 3 aromatic heterocycles. The summed E-state index contributed by atoms with van der Waals surface area (Å²) >= 11 is 0. The number of nitrogens with one attached hydrogen (secondary N) is 1. The number of hydrogen-bond acceptors (Lipinski definition) is 6. The van der Waals surface area contributed by atoms with E-state index in [1.165, 1.54) is 47.4 Å². The van der Waals surface area contributed by atoms with Crippen molar-refractivity contribution < 1.29 is 14.3 Å². The molecule has 1 fully saturated rings. The molecule has 0 spiro atoms. The number of rotatable bonds is 7. The highest BCUT2D eigenvalue weighted by Crippen LogP contribution is 2.43. The molecule has 4 N–H and O–H groups in total. The predicted molar refractivity (Wildman–Crippen MR) is 185 cm³/mol. The number of hydrogen-bond donors (Lipinski definition) is 3. The number of nitrogens with two attached hydrogens (primary N) is 1. The summed E-state index contributed by atoms with van der Waals surface area (Å²) < 4.78 is 16.6. The van der Waals surface area contributed by atoms with Crippen molar-refractivity contribution in [1.29, 1.82) is 0 Å². The molecule has 0 saturated heterocycles. The minimum absolute atomic E-state index is 0.0383. The summed E-state index contributed by atoms with van der Waals surface area (Å²) in [6, 6.07) is 19.1. The molecule has 1 saturated carbocycles. The van der Waals surface area contributed by atoms with Crippen molar-refractivity contribution in [2.45, 2.75) is 69.7 Å². The lowest BCUT2D eigenvalue weighted by atomic mass is 9.78. The minimum Gasteiger partial charge on any atom is -0.393 e. The summed E-state index contributed by atoms with van der Waals surface area (Å²) in [4.78, 5) is 30.6. The number of aliphatic hydroxyl groups is 1. The molecule has 1 amide bonds. The number of amides is 1. The number of fused-ring (bicyclic) bond motifs is 1. The third-order valence-corrected chi connectivity index (χ3v) is 13.3. The Labute approximate surface area is 274 Å². The molecular formula is C36H40FN6O3Si+. The second-order valence-corrected chi connectivity index (χ2v) is 17.0. The van der Waals surface area contributed by atoms with Crippen molar-refractivity contribution in [2.24, 2.45) is 5.92 Å². The van der Waals surface area contributed by atoms with Crippen LogP contribution in [0.4, 0.5) is 15.9 Å². The fourth-order valence-electron chi connectivity index (χ4n) is 6.44. The zero-order chi connectivity index (χ0) is 33.5. The summed E-state index contributed by atoms with van der Waals surface area (Å²) in [7, 11) is -0.649. The first kappa shape index (κ1) is 32.3. The lowest BCUT2D eigenvalue weighted by Crippen LogP contribution is -2.34. The zero-order valence-corrected chi connectivity index (χ0v) is 28.1. The van der Waals surface area contributed by atoms with Gasteiger partial charge in [0, 0.05) is 40.7 Å². The SMILES string of the molecule is C[Si+](CC1CC(c2cc(-c3ccc(NC(=O)c4cccn(-c5ccc(F)cc5)c4=O)cc3)c3c(N)ncnn23)CCC1O)C(C)(C)C. The van der Waals surface area contributed by atoms with E-state index in [-0.39, 0.29) is 28.5 Å². The Kier molecular flexibility index (Phi) is 8.86. The lowest BCUT2D eigenvalue weighted by Gasteiger charge is -2.33. The van der Waals surface area contributed by atoms with E-state index in [4.69, 9.17) is 5.73 Å². The van der Waals surface area contributed by atoms with Gasteiger partial charge in [-0.25, -0.2) is 13.9 Å². The standard InChI is InChI=1S/C36H39FN6O3Si/c1-36(2,3)47(4)20-24-18-23(9-16-31(24)44)30-19-29(32-33(38)39-21-40-43(30)32)22-7-12-26(13-8-22)41-34(45)28-6-5-17-42(35(28)46)27-14-10-25(37)11-15-27/h5-8,10-15,17,19,21,23-24,31,44H,9,16,18,20H2,1-4H3,(H2-,38,39,40,41,45)/p+1. The fourth-order valence-corrected chi connectivity index (χ4v) is 8.28. The number of aliphatic hydroxyl groups excluding tert-OH is 1. The Morgan fingerprint density at radius 2 is 1.83 bits per heavy atom. The van der Waals surface area contributed by atoms with Crippen LogP contribution in [0.25, 0.3) is 22.3 Å². The van der Waals surface area contributed by atoms with Crippen LogP contribution in [0.2, 0.25) is 17.6 Å². The van der Waals surface area contributed by atoms with E-state index in [9.17, 15) is 19.1 Å². The second kappa shape index (κ2) is 12.9. The van der Waals surface area contributed by atoms with Crippen molar-refractivity contribution in [3.05, 3.63) is 107 Å². The summed E-state index contributed by atoms with van der Waals surface area (Å²) in [6.07, 6.45) is 5.23. The second-order valence-electron chi connectivity index (χ2n) is 13.6. The number of benzene rings is 2. The molecule has 0 bridgehead atoms. The largest absolute Gasteiger partial charge is 0.393 e. The smallest absolute Gasteiger partial charge is 0.317 e. The quantitative estimate of drug-likeness (QED) is 0.168. The highest BCUT2D eigenvalue weighted by Gasteiger charge is 2.42. The van der Waals surface area contributed by atoms with Gasteiger partial charge in [0.1, 0.15) is 23.2 Å². The summed E-state index contributed by atoms with van der Waals surface area (Å²) in [5, 5.41) is 18.6. The van der Waals surface area contributed by atoms with Gasteiger partial charge in [-0.3, -0.25) is 14.2 Å². The third kappa shape index (κ3) is 6.63. The Balaban J connectivity index is 1.25. The maximum absolute atomic E-state index is 13.4. The zero-order valence-electron chi connectivity index (χ0n) is 27.1. The van der Waals surface area contributed by atoms with Crippen LogP contribution in [0.1, 0.15) is 62.0 Å². The van der Waals surface area contributed by atoms with E-state index < -0.39 is 26.1 Å². The number of nitrogens with zero attached hydrogens (tertiary/aromatic N) is 4. The average molecular weight is 652 g/mol. The molecule has 0 aliphatic heterocycles. The number of carbonyl (C=O) groups is 1.